The highest BCUT2D eigenvalue weighted by Crippen LogP contribution is 2.20. The van der Waals surface area contributed by atoms with Crippen LogP contribution in [0.15, 0.2) is 18.2 Å². The number of ether oxygens (including phenoxy) is 1. The zero-order valence-electron chi connectivity index (χ0n) is 11.5. The van der Waals surface area contributed by atoms with Crippen LogP contribution in [0.4, 0.5) is 0 Å². The van der Waals surface area contributed by atoms with Crippen LogP contribution in [-0.4, -0.2) is 19.2 Å². The quantitative estimate of drug-likeness (QED) is 0.731. The van der Waals surface area contributed by atoms with Gasteiger partial charge in [0.2, 0.25) is 0 Å². The lowest BCUT2D eigenvalue weighted by atomic mass is 10.1. The van der Waals surface area contributed by atoms with Gasteiger partial charge in [-0.25, -0.2) is 0 Å². The molecule has 1 aromatic carbocycles. The van der Waals surface area contributed by atoms with Crippen LogP contribution in [-0.2, 0) is 0 Å². The van der Waals surface area contributed by atoms with Crippen molar-refractivity contribution in [3.63, 3.8) is 0 Å². The molecule has 1 aromatic rings. The number of aryl methyl sites for hydroxylation is 1. The molecule has 0 aliphatic heterocycles. The van der Waals surface area contributed by atoms with Gasteiger partial charge in [0.1, 0.15) is 12.4 Å². The van der Waals surface area contributed by atoms with Crippen molar-refractivity contribution >= 4 is 0 Å². The maximum atomic E-state index is 5.78. The van der Waals surface area contributed by atoms with Gasteiger partial charge in [-0.15, -0.1) is 0 Å². The summed E-state index contributed by atoms with van der Waals surface area (Å²) in [5.41, 5.74) is 2.53. The smallest absolute Gasteiger partial charge is 0.122 e. The van der Waals surface area contributed by atoms with Crippen molar-refractivity contribution in [2.24, 2.45) is 0 Å². The molecule has 0 radical (unpaired) electrons. The molecule has 2 nitrogen and oxygen atoms in total. The van der Waals surface area contributed by atoms with Crippen LogP contribution in [0.3, 0.4) is 0 Å². The van der Waals surface area contributed by atoms with Crippen LogP contribution in [0.1, 0.15) is 37.8 Å². The molecule has 0 heterocycles. The van der Waals surface area contributed by atoms with Crippen LogP contribution in [0.2, 0.25) is 0 Å². The van der Waals surface area contributed by atoms with Gasteiger partial charge in [0.15, 0.2) is 0 Å². The molecule has 0 saturated carbocycles. The van der Waals surface area contributed by atoms with Gasteiger partial charge >= 0.3 is 0 Å². The van der Waals surface area contributed by atoms with Gasteiger partial charge in [0.25, 0.3) is 0 Å². The fourth-order valence-corrected chi connectivity index (χ4v) is 1.88. The lowest BCUT2D eigenvalue weighted by molar-refractivity contribution is 0.303. The summed E-state index contributed by atoms with van der Waals surface area (Å²) in [5, 5.41) is 3.46. The first-order chi connectivity index (χ1) is 8.15. The third-order valence-corrected chi connectivity index (χ3v) is 3.13. The molecule has 0 fully saturated rings. The van der Waals surface area contributed by atoms with Gasteiger partial charge in [-0.1, -0.05) is 25.5 Å². The summed E-state index contributed by atoms with van der Waals surface area (Å²) in [6.45, 7) is 10.3. The van der Waals surface area contributed by atoms with Crippen molar-refractivity contribution in [1.82, 2.24) is 5.32 Å². The van der Waals surface area contributed by atoms with Gasteiger partial charge in [0.05, 0.1) is 0 Å². The van der Waals surface area contributed by atoms with Crippen molar-refractivity contribution in [3.8, 4) is 5.75 Å². The Kier molecular flexibility index (Phi) is 6.06. The van der Waals surface area contributed by atoms with Gasteiger partial charge in [-0.2, -0.15) is 0 Å². The molecule has 0 bridgehead atoms. The van der Waals surface area contributed by atoms with Crippen molar-refractivity contribution in [2.45, 2.75) is 46.6 Å². The monoisotopic (exact) mass is 235 g/mol. The highest BCUT2D eigenvalue weighted by Gasteiger charge is 2.02. The summed E-state index contributed by atoms with van der Waals surface area (Å²) in [6.07, 6.45) is 2.45. The van der Waals surface area contributed by atoms with E-state index in [2.05, 4.69) is 39.1 Å². The largest absolute Gasteiger partial charge is 0.492 e. The lowest BCUT2D eigenvalue weighted by Gasteiger charge is -2.14. The molecular weight excluding hydrogens is 210 g/mol. The van der Waals surface area contributed by atoms with E-state index in [0.717, 1.165) is 18.9 Å². The minimum atomic E-state index is 0.585. The lowest BCUT2D eigenvalue weighted by Crippen LogP contribution is -2.30. The van der Waals surface area contributed by atoms with E-state index in [1.54, 1.807) is 0 Å². The van der Waals surface area contributed by atoms with E-state index < -0.39 is 0 Å². The molecule has 0 spiro atoms. The van der Waals surface area contributed by atoms with E-state index >= 15 is 0 Å². The topological polar surface area (TPSA) is 21.3 Å². The second-order valence-electron chi connectivity index (χ2n) is 4.69. The average Bonchev–Trinajstić information content (AvgIpc) is 2.30. The number of hydrogen-bond donors (Lipinski definition) is 1. The van der Waals surface area contributed by atoms with Gasteiger partial charge in [-0.05, 0) is 44.4 Å². The Morgan fingerprint density at radius 2 is 2.06 bits per heavy atom. The molecule has 0 aliphatic carbocycles. The first-order valence-electron chi connectivity index (χ1n) is 6.57. The fourth-order valence-electron chi connectivity index (χ4n) is 1.88. The minimum absolute atomic E-state index is 0.585. The Morgan fingerprint density at radius 3 is 2.76 bits per heavy atom. The van der Waals surface area contributed by atoms with Crippen LogP contribution < -0.4 is 10.1 Å². The number of rotatable bonds is 7. The second-order valence-corrected chi connectivity index (χ2v) is 4.69. The summed E-state index contributed by atoms with van der Waals surface area (Å²) in [7, 11) is 0. The fraction of sp³-hybridized carbons (Fsp3) is 0.600. The molecule has 0 amide bonds. The summed E-state index contributed by atoms with van der Waals surface area (Å²) in [4.78, 5) is 0. The van der Waals surface area contributed by atoms with E-state index in [9.17, 15) is 0 Å². The highest BCUT2D eigenvalue weighted by atomic mass is 16.5. The summed E-state index contributed by atoms with van der Waals surface area (Å²) in [6, 6.07) is 6.79. The normalized spacial score (nSPS) is 12.5. The van der Waals surface area contributed by atoms with E-state index in [1.165, 1.54) is 24.0 Å². The number of nitrogens with one attached hydrogen (secondary N) is 1. The zero-order valence-corrected chi connectivity index (χ0v) is 11.5. The Bertz CT molecular complexity index is 336. The number of hydrogen-bond acceptors (Lipinski definition) is 2. The summed E-state index contributed by atoms with van der Waals surface area (Å²) >= 11 is 0. The van der Waals surface area contributed by atoms with Gasteiger partial charge in [0, 0.05) is 12.6 Å². The van der Waals surface area contributed by atoms with Crippen LogP contribution in [0.5, 0.6) is 5.75 Å². The molecule has 1 rings (SSSR count). The Morgan fingerprint density at radius 1 is 1.29 bits per heavy atom. The SMILES string of the molecule is CCCC(C)NCCOc1cccc(C)c1C. The molecule has 1 N–H and O–H groups in total. The molecule has 96 valence electrons. The predicted molar refractivity (Wildman–Crippen MR) is 73.8 cm³/mol. The van der Waals surface area contributed by atoms with Crippen LogP contribution in [0.25, 0.3) is 0 Å². The van der Waals surface area contributed by atoms with E-state index in [0.29, 0.717) is 6.04 Å². The minimum Gasteiger partial charge on any atom is -0.492 e. The standard InChI is InChI=1S/C15H25NO/c1-5-7-13(3)16-10-11-17-15-9-6-8-12(2)14(15)4/h6,8-9,13,16H,5,7,10-11H2,1-4H3. The third kappa shape index (κ3) is 4.78. The molecule has 0 saturated heterocycles. The maximum Gasteiger partial charge on any atom is 0.122 e. The summed E-state index contributed by atoms with van der Waals surface area (Å²) < 4.78 is 5.78. The first-order valence-corrected chi connectivity index (χ1v) is 6.57. The Hall–Kier alpha value is -1.02. The molecule has 1 atom stereocenters. The first kappa shape index (κ1) is 14.0. The van der Waals surface area contributed by atoms with Crippen molar-refractivity contribution in [2.75, 3.05) is 13.2 Å². The van der Waals surface area contributed by atoms with Gasteiger partial charge < -0.3 is 10.1 Å². The number of benzene rings is 1. The Labute approximate surface area is 105 Å². The second kappa shape index (κ2) is 7.33. The Balaban J connectivity index is 2.29. The predicted octanol–water partition coefficient (Wildman–Crippen LogP) is 3.46. The average molecular weight is 235 g/mol. The summed E-state index contributed by atoms with van der Waals surface area (Å²) in [5.74, 6) is 1.01. The third-order valence-electron chi connectivity index (χ3n) is 3.13. The molecule has 0 aliphatic rings. The van der Waals surface area contributed by atoms with Crippen molar-refractivity contribution < 1.29 is 4.74 Å². The molecule has 1 unspecified atom stereocenters. The molecule has 2 heteroatoms. The molecule has 17 heavy (non-hydrogen) atoms. The van der Waals surface area contributed by atoms with E-state index in [1.807, 2.05) is 12.1 Å². The van der Waals surface area contributed by atoms with Crippen LogP contribution >= 0.6 is 0 Å². The molecule has 0 aromatic heterocycles. The van der Waals surface area contributed by atoms with Crippen molar-refractivity contribution in [3.05, 3.63) is 29.3 Å². The zero-order chi connectivity index (χ0) is 12.7. The van der Waals surface area contributed by atoms with E-state index in [4.69, 9.17) is 4.74 Å². The van der Waals surface area contributed by atoms with E-state index in [-0.39, 0.29) is 0 Å². The molecular formula is C15H25NO. The van der Waals surface area contributed by atoms with Crippen molar-refractivity contribution in [1.29, 1.82) is 0 Å². The highest BCUT2D eigenvalue weighted by molar-refractivity contribution is 5.38. The van der Waals surface area contributed by atoms with Gasteiger partial charge in [-0.3, -0.25) is 0 Å². The maximum absolute atomic E-state index is 5.78. The van der Waals surface area contributed by atoms with Crippen LogP contribution in [0, 0.1) is 13.8 Å².